The molecule has 3 N–H and O–H groups in total. The molecule has 0 radical (unpaired) electrons. The van der Waals surface area contributed by atoms with Crippen molar-refractivity contribution in [2.24, 2.45) is 0 Å². The average Bonchev–Trinajstić information content (AvgIpc) is 2.61. The Labute approximate surface area is 158 Å². The van der Waals surface area contributed by atoms with Gasteiger partial charge in [0.15, 0.2) is 0 Å². The summed E-state index contributed by atoms with van der Waals surface area (Å²) in [5, 5.41) is 15.0. The number of amides is 2. The molecular weight excluding hydrogens is 385 g/mol. The third-order valence-corrected chi connectivity index (χ3v) is 3.97. The fourth-order valence-electron chi connectivity index (χ4n) is 2.19. The smallest absolute Gasteiger partial charge is 0.387 e. The van der Waals surface area contributed by atoms with Crippen LogP contribution in [0.4, 0.5) is 18.9 Å². The van der Waals surface area contributed by atoms with Crippen LogP contribution in [0.1, 0.15) is 22.8 Å². The lowest BCUT2D eigenvalue weighted by molar-refractivity contribution is -0.137. The molecule has 0 saturated heterocycles. The molecule has 0 aromatic heterocycles. The van der Waals surface area contributed by atoms with Gasteiger partial charge in [0.1, 0.15) is 0 Å². The van der Waals surface area contributed by atoms with Gasteiger partial charge in [-0.05, 0) is 42.3 Å². The van der Waals surface area contributed by atoms with Crippen molar-refractivity contribution in [1.82, 2.24) is 5.32 Å². The van der Waals surface area contributed by atoms with Gasteiger partial charge in [-0.25, -0.2) is 0 Å². The van der Waals surface area contributed by atoms with Crippen LogP contribution >= 0.6 is 11.6 Å². The summed E-state index contributed by atoms with van der Waals surface area (Å²) in [4.78, 5) is 23.8. The van der Waals surface area contributed by atoms with Gasteiger partial charge in [-0.1, -0.05) is 29.8 Å². The average molecular weight is 401 g/mol. The molecule has 0 fully saturated rings. The second-order valence-electron chi connectivity index (χ2n) is 5.76. The number of rotatable bonds is 4. The zero-order valence-electron chi connectivity index (χ0n) is 14.1. The molecule has 2 amide bonds. The van der Waals surface area contributed by atoms with Gasteiger partial charge < -0.3 is 15.7 Å². The fourth-order valence-corrected chi connectivity index (χ4v) is 2.36. The van der Waals surface area contributed by atoms with Gasteiger partial charge >= 0.3 is 18.0 Å². The third kappa shape index (κ3) is 5.70. The van der Waals surface area contributed by atoms with Gasteiger partial charge in [-0.3, -0.25) is 9.59 Å². The first kappa shape index (κ1) is 20.7. The number of nitrogens with one attached hydrogen (secondary N) is 2. The topological polar surface area (TPSA) is 78.4 Å². The number of alkyl halides is 3. The van der Waals surface area contributed by atoms with E-state index >= 15 is 0 Å². The number of hydrogen-bond donors (Lipinski definition) is 3. The van der Waals surface area contributed by atoms with Gasteiger partial charge in [0.2, 0.25) is 0 Å². The van der Waals surface area contributed by atoms with E-state index in [4.69, 9.17) is 11.6 Å². The molecule has 5 nitrogen and oxygen atoms in total. The first-order valence-corrected chi connectivity index (χ1v) is 8.16. The van der Waals surface area contributed by atoms with Crippen molar-refractivity contribution in [3.05, 3.63) is 64.2 Å². The van der Waals surface area contributed by atoms with Crippen molar-refractivity contribution in [1.29, 1.82) is 0 Å². The minimum Gasteiger partial charge on any atom is -0.387 e. The van der Waals surface area contributed by atoms with Crippen molar-refractivity contribution < 1.29 is 27.9 Å². The minimum atomic E-state index is -4.48. The van der Waals surface area contributed by atoms with Crippen LogP contribution in [0, 0.1) is 6.92 Å². The van der Waals surface area contributed by atoms with Crippen molar-refractivity contribution in [2.75, 3.05) is 11.9 Å². The van der Waals surface area contributed by atoms with E-state index < -0.39 is 29.7 Å². The van der Waals surface area contributed by atoms with Crippen LogP contribution in [0.2, 0.25) is 5.02 Å². The van der Waals surface area contributed by atoms with Gasteiger partial charge in [-0.2, -0.15) is 13.2 Å². The van der Waals surface area contributed by atoms with E-state index in [2.05, 4.69) is 10.6 Å². The highest BCUT2D eigenvalue weighted by Gasteiger charge is 2.30. The first-order chi connectivity index (χ1) is 12.6. The Morgan fingerprint density at radius 3 is 2.33 bits per heavy atom. The van der Waals surface area contributed by atoms with Crippen LogP contribution in [0.3, 0.4) is 0 Å². The minimum absolute atomic E-state index is 0.175. The summed E-state index contributed by atoms with van der Waals surface area (Å²) in [6.45, 7) is 1.38. The van der Waals surface area contributed by atoms with Crippen LogP contribution in [0.15, 0.2) is 42.5 Å². The van der Waals surface area contributed by atoms with Crippen LogP contribution < -0.4 is 10.6 Å². The number of aryl methyl sites for hydroxylation is 1. The number of hydrogen-bond acceptors (Lipinski definition) is 3. The van der Waals surface area contributed by atoms with Gasteiger partial charge in [0.25, 0.3) is 0 Å². The standard InChI is InChI=1S/C18H16ClF3N2O3/c1-10-2-7-13(19)8-14(10)24-17(27)16(26)23-9-15(25)11-3-5-12(6-4-11)18(20,21)22/h2-8,15,25H,9H2,1H3,(H,23,26)(H,24,27). The van der Waals surface area contributed by atoms with Gasteiger partial charge in [-0.15, -0.1) is 0 Å². The van der Waals surface area contributed by atoms with E-state index in [1.807, 2.05) is 0 Å². The molecule has 27 heavy (non-hydrogen) atoms. The number of anilines is 1. The molecule has 2 rings (SSSR count). The predicted molar refractivity (Wildman–Crippen MR) is 94.2 cm³/mol. The highest BCUT2D eigenvalue weighted by atomic mass is 35.5. The highest BCUT2D eigenvalue weighted by Crippen LogP contribution is 2.29. The first-order valence-electron chi connectivity index (χ1n) is 7.78. The summed E-state index contributed by atoms with van der Waals surface area (Å²) >= 11 is 5.83. The van der Waals surface area contributed by atoms with E-state index in [9.17, 15) is 27.9 Å². The fraction of sp³-hybridized carbons (Fsp3) is 0.222. The second kappa shape index (κ2) is 8.41. The van der Waals surface area contributed by atoms with E-state index in [0.717, 1.165) is 24.3 Å². The van der Waals surface area contributed by atoms with E-state index in [1.54, 1.807) is 19.1 Å². The Morgan fingerprint density at radius 2 is 1.74 bits per heavy atom. The molecule has 2 aromatic carbocycles. The molecule has 0 heterocycles. The van der Waals surface area contributed by atoms with E-state index in [1.165, 1.54) is 6.07 Å². The SMILES string of the molecule is Cc1ccc(Cl)cc1NC(=O)C(=O)NCC(O)c1ccc(C(F)(F)F)cc1. The van der Waals surface area contributed by atoms with Crippen molar-refractivity contribution in [2.45, 2.75) is 19.2 Å². The Bertz CT molecular complexity index is 839. The summed E-state index contributed by atoms with van der Waals surface area (Å²) < 4.78 is 37.6. The molecule has 2 aromatic rings. The van der Waals surface area contributed by atoms with Crippen LogP contribution in [-0.4, -0.2) is 23.5 Å². The molecule has 0 saturated carbocycles. The van der Waals surface area contributed by atoms with Crippen molar-refractivity contribution >= 4 is 29.1 Å². The zero-order valence-corrected chi connectivity index (χ0v) is 14.9. The summed E-state index contributed by atoms with van der Waals surface area (Å²) in [6.07, 6.45) is -5.74. The second-order valence-corrected chi connectivity index (χ2v) is 6.20. The molecule has 0 aliphatic heterocycles. The Kier molecular flexibility index (Phi) is 6.45. The number of benzene rings is 2. The molecule has 0 bridgehead atoms. The molecule has 144 valence electrons. The molecule has 0 spiro atoms. The maximum Gasteiger partial charge on any atom is 0.416 e. The normalized spacial score (nSPS) is 12.4. The molecule has 9 heteroatoms. The molecule has 0 aliphatic rings. The van der Waals surface area contributed by atoms with Crippen molar-refractivity contribution in [3.63, 3.8) is 0 Å². The lowest BCUT2D eigenvalue weighted by atomic mass is 10.1. The lowest BCUT2D eigenvalue weighted by Gasteiger charge is -2.14. The summed E-state index contributed by atoms with van der Waals surface area (Å²) in [5.74, 6) is -1.96. The maximum absolute atomic E-state index is 12.5. The predicted octanol–water partition coefficient (Wildman–Crippen LogP) is 3.46. The highest BCUT2D eigenvalue weighted by molar-refractivity contribution is 6.40. The van der Waals surface area contributed by atoms with E-state index in [0.29, 0.717) is 16.3 Å². The Balaban J connectivity index is 1.92. The third-order valence-electron chi connectivity index (χ3n) is 3.73. The summed E-state index contributed by atoms with van der Waals surface area (Å²) in [5.41, 5.74) is 0.393. The van der Waals surface area contributed by atoms with Crippen molar-refractivity contribution in [3.8, 4) is 0 Å². The Hall–Kier alpha value is -2.58. The number of halogens is 4. The molecular formula is C18H16ClF3N2O3. The lowest BCUT2D eigenvalue weighted by Crippen LogP contribution is -2.37. The van der Waals surface area contributed by atoms with Gasteiger partial charge in [0.05, 0.1) is 11.7 Å². The number of carbonyl (C=O) groups excluding carboxylic acids is 2. The Morgan fingerprint density at radius 1 is 1.11 bits per heavy atom. The molecule has 0 aliphatic carbocycles. The van der Waals surface area contributed by atoms with E-state index in [-0.39, 0.29) is 12.1 Å². The number of carbonyl (C=O) groups is 2. The molecule has 1 atom stereocenters. The summed E-state index contributed by atoms with van der Waals surface area (Å²) in [7, 11) is 0. The number of aliphatic hydroxyl groups excluding tert-OH is 1. The zero-order chi connectivity index (χ0) is 20.2. The largest absolute Gasteiger partial charge is 0.416 e. The number of aliphatic hydroxyl groups is 1. The quantitative estimate of drug-likeness (QED) is 0.688. The van der Waals surface area contributed by atoms with Gasteiger partial charge in [0, 0.05) is 17.3 Å². The van der Waals surface area contributed by atoms with Crippen LogP contribution in [-0.2, 0) is 15.8 Å². The van der Waals surface area contributed by atoms with Crippen LogP contribution in [0.25, 0.3) is 0 Å². The molecule has 1 unspecified atom stereocenters. The maximum atomic E-state index is 12.5. The van der Waals surface area contributed by atoms with Crippen LogP contribution in [0.5, 0.6) is 0 Å². The summed E-state index contributed by atoms with van der Waals surface area (Å²) in [6, 6.07) is 8.66. The monoisotopic (exact) mass is 400 g/mol.